The molecule has 0 saturated heterocycles. The standard InChI is InChI=1S/C19H15NO/c1-20(2)19(21)17-11-16-12-7-3-5-9-14(12)18(17)15-10-6-4-8-13(15)16/h3-11H,1-2H3. The Morgan fingerprint density at radius 1 is 0.762 bits per heavy atom. The van der Waals surface area contributed by atoms with E-state index in [1.807, 2.05) is 18.2 Å². The lowest BCUT2D eigenvalue weighted by Crippen LogP contribution is -2.22. The Balaban J connectivity index is 2.29. The van der Waals surface area contributed by atoms with E-state index in [1.165, 1.54) is 21.5 Å². The van der Waals surface area contributed by atoms with Crippen LogP contribution in [0.25, 0.3) is 32.3 Å². The highest BCUT2D eigenvalue weighted by Gasteiger charge is 2.19. The second-order valence-corrected chi connectivity index (χ2v) is 5.64. The highest BCUT2D eigenvalue weighted by molar-refractivity contribution is 6.32. The van der Waals surface area contributed by atoms with Gasteiger partial charge < -0.3 is 4.90 Å². The Morgan fingerprint density at radius 3 is 1.71 bits per heavy atom. The van der Waals surface area contributed by atoms with Crippen LogP contribution in [-0.4, -0.2) is 24.9 Å². The number of carbonyl (C=O) groups is 1. The molecular formula is C19H15NO. The van der Waals surface area contributed by atoms with Crippen molar-refractivity contribution < 1.29 is 4.79 Å². The maximum Gasteiger partial charge on any atom is 0.254 e. The smallest absolute Gasteiger partial charge is 0.254 e. The van der Waals surface area contributed by atoms with Crippen molar-refractivity contribution in [3.63, 3.8) is 0 Å². The van der Waals surface area contributed by atoms with Crippen LogP contribution in [0.4, 0.5) is 0 Å². The number of nitrogens with zero attached hydrogens (tertiary/aromatic N) is 1. The Morgan fingerprint density at radius 2 is 1.24 bits per heavy atom. The van der Waals surface area contributed by atoms with Crippen LogP contribution in [0, 0.1) is 0 Å². The fourth-order valence-electron chi connectivity index (χ4n) is 3.23. The summed E-state index contributed by atoms with van der Waals surface area (Å²) in [7, 11) is 3.60. The molecular weight excluding hydrogens is 258 g/mol. The van der Waals surface area contributed by atoms with Gasteiger partial charge in [-0.25, -0.2) is 0 Å². The number of carbonyl (C=O) groups excluding carboxylic acids is 1. The first kappa shape index (κ1) is 12.2. The van der Waals surface area contributed by atoms with Gasteiger partial charge in [-0.1, -0.05) is 48.5 Å². The molecule has 102 valence electrons. The van der Waals surface area contributed by atoms with Crippen LogP contribution in [0.3, 0.4) is 0 Å². The van der Waals surface area contributed by atoms with Gasteiger partial charge in [0, 0.05) is 25.0 Å². The van der Waals surface area contributed by atoms with Gasteiger partial charge in [-0.3, -0.25) is 4.79 Å². The predicted molar refractivity (Wildman–Crippen MR) is 88.2 cm³/mol. The average Bonchev–Trinajstić information content (AvgIpc) is 2.54. The molecule has 1 amide bonds. The van der Waals surface area contributed by atoms with E-state index in [1.54, 1.807) is 19.0 Å². The largest absolute Gasteiger partial charge is 0.345 e. The van der Waals surface area contributed by atoms with Crippen LogP contribution in [0.1, 0.15) is 10.4 Å². The summed E-state index contributed by atoms with van der Waals surface area (Å²) in [5.41, 5.74) is 0.799. The molecule has 0 saturated carbocycles. The minimum absolute atomic E-state index is 0.0616. The lowest BCUT2D eigenvalue weighted by Gasteiger charge is -2.19. The van der Waals surface area contributed by atoms with Gasteiger partial charge in [0.05, 0.1) is 0 Å². The number of benzene rings is 5. The SMILES string of the molecule is CN(C)C(=O)c1cc2c3ccccc3c1c1ccccc21. The molecule has 0 heterocycles. The number of fused-ring (bicyclic) bond motifs is 1. The molecule has 0 aliphatic carbocycles. The first-order chi connectivity index (χ1) is 10.2. The van der Waals surface area contributed by atoms with Crippen molar-refractivity contribution in [1.29, 1.82) is 0 Å². The van der Waals surface area contributed by atoms with Crippen molar-refractivity contribution in [2.24, 2.45) is 0 Å². The van der Waals surface area contributed by atoms with Crippen LogP contribution >= 0.6 is 0 Å². The Bertz CT molecular complexity index is 925. The van der Waals surface area contributed by atoms with E-state index in [4.69, 9.17) is 0 Å². The maximum atomic E-state index is 12.5. The molecule has 0 aliphatic rings. The molecule has 0 aromatic heterocycles. The molecule has 0 atom stereocenters. The van der Waals surface area contributed by atoms with Crippen LogP contribution in [0.2, 0.25) is 0 Å². The van der Waals surface area contributed by atoms with Crippen molar-refractivity contribution in [3.8, 4) is 0 Å². The van der Waals surface area contributed by atoms with Gasteiger partial charge in [0.15, 0.2) is 0 Å². The Hall–Kier alpha value is -2.61. The number of rotatable bonds is 1. The fourth-order valence-corrected chi connectivity index (χ4v) is 3.23. The lowest BCUT2D eigenvalue weighted by atomic mass is 9.88. The highest BCUT2D eigenvalue weighted by atomic mass is 16.2. The van der Waals surface area contributed by atoms with E-state index in [-0.39, 0.29) is 5.91 Å². The van der Waals surface area contributed by atoms with E-state index in [0.29, 0.717) is 0 Å². The minimum Gasteiger partial charge on any atom is -0.345 e. The average molecular weight is 273 g/mol. The molecule has 0 radical (unpaired) electrons. The third-order valence-electron chi connectivity index (χ3n) is 4.17. The van der Waals surface area contributed by atoms with E-state index in [2.05, 4.69) is 36.4 Å². The van der Waals surface area contributed by atoms with E-state index < -0.39 is 0 Å². The van der Waals surface area contributed by atoms with Gasteiger partial charge in [-0.05, 0) is 33.0 Å². The second kappa shape index (κ2) is 4.19. The number of amides is 1. The fraction of sp³-hybridized carbons (Fsp3) is 0.105. The molecule has 2 nitrogen and oxygen atoms in total. The Labute approximate surface area is 122 Å². The zero-order valence-corrected chi connectivity index (χ0v) is 12.1. The van der Waals surface area contributed by atoms with E-state index >= 15 is 0 Å². The molecule has 0 spiro atoms. The van der Waals surface area contributed by atoms with Gasteiger partial charge in [-0.2, -0.15) is 0 Å². The molecule has 21 heavy (non-hydrogen) atoms. The molecule has 5 rings (SSSR count). The highest BCUT2D eigenvalue weighted by Crippen LogP contribution is 2.39. The Kier molecular flexibility index (Phi) is 2.43. The van der Waals surface area contributed by atoms with Crippen molar-refractivity contribution in [2.75, 3.05) is 14.1 Å². The molecule has 0 aliphatic heterocycles. The van der Waals surface area contributed by atoms with Crippen LogP contribution in [-0.2, 0) is 0 Å². The second-order valence-electron chi connectivity index (χ2n) is 5.64. The van der Waals surface area contributed by atoms with E-state index in [9.17, 15) is 4.79 Å². The number of hydrogen-bond donors (Lipinski definition) is 0. The third-order valence-corrected chi connectivity index (χ3v) is 4.17. The summed E-state index contributed by atoms with van der Waals surface area (Å²) < 4.78 is 0. The molecule has 2 heteroatoms. The first-order valence-electron chi connectivity index (χ1n) is 7.05. The quantitative estimate of drug-likeness (QED) is 0.474. The zero-order valence-electron chi connectivity index (χ0n) is 12.1. The van der Waals surface area contributed by atoms with Gasteiger partial charge in [0.2, 0.25) is 0 Å². The lowest BCUT2D eigenvalue weighted by molar-refractivity contribution is 0.0829. The molecule has 0 fully saturated rings. The summed E-state index contributed by atoms with van der Waals surface area (Å²) in [5.74, 6) is 0.0616. The summed E-state index contributed by atoms with van der Waals surface area (Å²) in [6.45, 7) is 0. The van der Waals surface area contributed by atoms with Crippen LogP contribution < -0.4 is 0 Å². The van der Waals surface area contributed by atoms with Crippen molar-refractivity contribution in [2.45, 2.75) is 0 Å². The topological polar surface area (TPSA) is 20.3 Å². The molecule has 5 aromatic carbocycles. The minimum atomic E-state index is 0.0616. The van der Waals surface area contributed by atoms with Crippen molar-refractivity contribution >= 4 is 38.2 Å². The maximum absolute atomic E-state index is 12.5. The third kappa shape index (κ3) is 1.56. The normalized spacial score (nSPS) is 11.5. The molecule has 0 unspecified atom stereocenters. The van der Waals surface area contributed by atoms with Gasteiger partial charge in [0.25, 0.3) is 5.91 Å². The summed E-state index contributed by atoms with van der Waals surface area (Å²) in [6.07, 6.45) is 0. The predicted octanol–water partition coefficient (Wildman–Crippen LogP) is 4.29. The molecule has 0 N–H and O–H groups in total. The number of hydrogen-bond acceptors (Lipinski definition) is 1. The summed E-state index contributed by atoms with van der Waals surface area (Å²) >= 11 is 0. The monoisotopic (exact) mass is 273 g/mol. The van der Waals surface area contributed by atoms with Crippen LogP contribution in [0.5, 0.6) is 0 Å². The molecule has 2 bridgehead atoms. The van der Waals surface area contributed by atoms with Crippen LogP contribution in [0.15, 0.2) is 54.6 Å². The summed E-state index contributed by atoms with van der Waals surface area (Å²) in [4.78, 5) is 14.2. The van der Waals surface area contributed by atoms with Gasteiger partial charge >= 0.3 is 0 Å². The van der Waals surface area contributed by atoms with Gasteiger partial charge in [0.1, 0.15) is 0 Å². The zero-order chi connectivity index (χ0) is 14.6. The summed E-state index contributed by atoms with van der Waals surface area (Å²) in [5, 5.41) is 7.00. The van der Waals surface area contributed by atoms with Crippen molar-refractivity contribution in [1.82, 2.24) is 4.90 Å². The molecule has 5 aromatic rings. The first-order valence-corrected chi connectivity index (χ1v) is 7.05. The van der Waals surface area contributed by atoms with E-state index in [0.717, 1.165) is 16.3 Å². The summed E-state index contributed by atoms with van der Waals surface area (Å²) in [6, 6.07) is 18.7. The van der Waals surface area contributed by atoms with Gasteiger partial charge in [-0.15, -0.1) is 0 Å². The van der Waals surface area contributed by atoms with Crippen molar-refractivity contribution in [3.05, 3.63) is 60.2 Å².